The number of hydrogen-bond acceptors (Lipinski definition) is 4. The number of ether oxygens (including phenoxy) is 2. The van der Waals surface area contributed by atoms with Crippen molar-refractivity contribution < 1.29 is 19.4 Å². The Bertz CT molecular complexity index is 708. The van der Waals surface area contributed by atoms with Crippen LogP contribution in [-0.4, -0.2) is 37.0 Å². The van der Waals surface area contributed by atoms with Crippen LogP contribution in [0.4, 0.5) is 0 Å². The number of aliphatic hydroxyl groups is 1. The molecule has 0 bridgehead atoms. The van der Waals surface area contributed by atoms with Crippen LogP contribution in [0.2, 0.25) is 0 Å². The van der Waals surface area contributed by atoms with Crippen molar-refractivity contribution >= 4 is 5.97 Å². The number of carbonyl (C=O) groups excluding carboxylic acids is 1. The van der Waals surface area contributed by atoms with E-state index in [1.165, 1.54) is 116 Å². The molecule has 0 aliphatic carbocycles. The summed E-state index contributed by atoms with van der Waals surface area (Å²) >= 11 is 0. The lowest BCUT2D eigenvalue weighted by molar-refractivity contribution is -0.154. The van der Waals surface area contributed by atoms with E-state index in [9.17, 15) is 9.90 Å². The molecule has 1 unspecified atom stereocenters. The van der Waals surface area contributed by atoms with E-state index in [1.54, 1.807) is 0 Å². The van der Waals surface area contributed by atoms with Crippen LogP contribution >= 0.6 is 0 Å². The number of allylic oxidation sites excluding steroid dienone is 8. The maximum absolute atomic E-state index is 12.1. The van der Waals surface area contributed by atoms with Gasteiger partial charge in [0.05, 0.1) is 13.2 Å². The highest BCUT2D eigenvalue weighted by Gasteiger charge is 2.13. The van der Waals surface area contributed by atoms with Gasteiger partial charge in [-0.05, 0) is 51.4 Å². The molecule has 45 heavy (non-hydrogen) atoms. The van der Waals surface area contributed by atoms with E-state index in [0.717, 1.165) is 44.9 Å². The number of hydrogen-bond donors (Lipinski definition) is 1. The number of carbonyl (C=O) groups is 1. The summed E-state index contributed by atoms with van der Waals surface area (Å²) < 4.78 is 11.1. The number of unbranched alkanes of at least 4 members (excludes halogenated alkanes) is 19. The number of rotatable bonds is 35. The van der Waals surface area contributed by atoms with Gasteiger partial charge in [0, 0.05) is 13.0 Å². The van der Waals surface area contributed by atoms with Gasteiger partial charge in [-0.1, -0.05) is 172 Å². The van der Waals surface area contributed by atoms with Gasteiger partial charge in [0.2, 0.25) is 0 Å². The molecule has 1 atom stereocenters. The van der Waals surface area contributed by atoms with E-state index < -0.39 is 6.10 Å². The molecule has 4 nitrogen and oxygen atoms in total. The molecular formula is C41H74O4. The lowest BCUT2D eigenvalue weighted by atomic mass is 10.0. The molecule has 0 heterocycles. The van der Waals surface area contributed by atoms with Crippen molar-refractivity contribution in [1.29, 1.82) is 0 Å². The fourth-order valence-corrected chi connectivity index (χ4v) is 5.32. The zero-order valence-electron chi connectivity index (χ0n) is 29.9. The number of esters is 1. The van der Waals surface area contributed by atoms with E-state index in [0.29, 0.717) is 19.6 Å². The van der Waals surface area contributed by atoms with Crippen LogP contribution < -0.4 is 0 Å². The van der Waals surface area contributed by atoms with Gasteiger partial charge < -0.3 is 14.6 Å². The van der Waals surface area contributed by atoms with Crippen molar-refractivity contribution in [2.45, 2.75) is 187 Å². The summed E-state index contributed by atoms with van der Waals surface area (Å²) in [5, 5.41) is 9.54. The topological polar surface area (TPSA) is 55.8 Å². The van der Waals surface area contributed by atoms with E-state index in [-0.39, 0.29) is 12.6 Å². The third kappa shape index (κ3) is 36.7. The van der Waals surface area contributed by atoms with Crippen LogP contribution in [0, 0.1) is 0 Å². The maximum Gasteiger partial charge on any atom is 0.306 e. The Morgan fingerprint density at radius 3 is 1.51 bits per heavy atom. The zero-order valence-corrected chi connectivity index (χ0v) is 29.9. The van der Waals surface area contributed by atoms with Crippen molar-refractivity contribution in [1.82, 2.24) is 0 Å². The Morgan fingerprint density at radius 1 is 0.556 bits per heavy atom. The summed E-state index contributed by atoms with van der Waals surface area (Å²) in [7, 11) is 0. The summed E-state index contributed by atoms with van der Waals surface area (Å²) in [6.07, 6.45) is 48.7. The Labute approximate surface area is 280 Å². The molecule has 0 aliphatic heterocycles. The highest BCUT2D eigenvalue weighted by Crippen LogP contribution is 2.13. The van der Waals surface area contributed by atoms with E-state index in [1.807, 2.05) is 0 Å². The van der Waals surface area contributed by atoms with Gasteiger partial charge in [0.1, 0.15) is 6.10 Å². The largest absolute Gasteiger partial charge is 0.457 e. The first-order valence-corrected chi connectivity index (χ1v) is 19.2. The molecule has 262 valence electrons. The molecule has 1 N–H and O–H groups in total. The summed E-state index contributed by atoms with van der Waals surface area (Å²) in [6.45, 7) is 5.23. The van der Waals surface area contributed by atoms with E-state index >= 15 is 0 Å². The molecule has 4 heteroatoms. The van der Waals surface area contributed by atoms with Crippen molar-refractivity contribution in [3.05, 3.63) is 48.6 Å². The first-order valence-electron chi connectivity index (χ1n) is 19.2. The molecule has 0 saturated heterocycles. The zero-order chi connectivity index (χ0) is 32.7. The molecule has 0 amide bonds. The fourth-order valence-electron chi connectivity index (χ4n) is 5.32. The van der Waals surface area contributed by atoms with Gasteiger partial charge in [-0.25, -0.2) is 0 Å². The van der Waals surface area contributed by atoms with E-state index in [4.69, 9.17) is 9.47 Å². The minimum Gasteiger partial charge on any atom is -0.457 e. The second-order valence-electron chi connectivity index (χ2n) is 12.6. The maximum atomic E-state index is 12.1. The molecular weight excluding hydrogens is 556 g/mol. The Kier molecular flexibility index (Phi) is 37.1. The van der Waals surface area contributed by atoms with E-state index in [2.05, 4.69) is 62.5 Å². The standard InChI is InChI=1S/C41H74O4/c1-3-5-7-9-11-13-15-16-17-18-19-20-21-22-23-24-25-26-27-28-30-32-34-36-41(43)45-40(38-42)39-44-37-35-33-31-29-14-12-10-8-6-4-2/h5,7,11,13,16-17,19-20,40,42H,3-4,6,8-10,12,14-15,18,21-39H2,1-2H3/b7-5-,13-11-,17-16-,20-19-. The molecule has 0 spiro atoms. The Morgan fingerprint density at radius 2 is 1.00 bits per heavy atom. The Hall–Kier alpha value is -1.65. The van der Waals surface area contributed by atoms with Crippen molar-refractivity contribution in [3.8, 4) is 0 Å². The summed E-state index contributed by atoms with van der Waals surface area (Å²) in [6, 6.07) is 0. The molecule has 0 aromatic carbocycles. The third-order valence-electron chi connectivity index (χ3n) is 8.17. The van der Waals surface area contributed by atoms with Gasteiger partial charge in [-0.15, -0.1) is 0 Å². The predicted molar refractivity (Wildman–Crippen MR) is 196 cm³/mol. The summed E-state index contributed by atoms with van der Waals surface area (Å²) in [4.78, 5) is 12.1. The predicted octanol–water partition coefficient (Wildman–Crippen LogP) is 12.3. The third-order valence-corrected chi connectivity index (χ3v) is 8.17. The minimum absolute atomic E-state index is 0.172. The lowest BCUT2D eigenvalue weighted by Crippen LogP contribution is -2.27. The SMILES string of the molecule is CC/C=C\C/C=C\C/C=C\C/C=C\CCCCCCCCCCCCC(=O)OC(CO)COCCCCCCCCCCCC. The van der Waals surface area contributed by atoms with Crippen LogP contribution in [0.1, 0.15) is 181 Å². The molecule has 0 aromatic rings. The minimum atomic E-state index is -0.533. The van der Waals surface area contributed by atoms with Crippen LogP contribution in [0.15, 0.2) is 48.6 Å². The normalized spacial score (nSPS) is 12.9. The molecule has 0 saturated carbocycles. The summed E-state index contributed by atoms with van der Waals surface area (Å²) in [5.41, 5.74) is 0. The summed E-state index contributed by atoms with van der Waals surface area (Å²) in [5.74, 6) is -0.207. The molecule has 0 rings (SSSR count). The second kappa shape index (κ2) is 38.5. The van der Waals surface area contributed by atoms with Gasteiger partial charge in [-0.2, -0.15) is 0 Å². The van der Waals surface area contributed by atoms with Gasteiger partial charge in [0.25, 0.3) is 0 Å². The van der Waals surface area contributed by atoms with Crippen molar-refractivity contribution in [2.75, 3.05) is 19.8 Å². The monoisotopic (exact) mass is 631 g/mol. The second-order valence-corrected chi connectivity index (χ2v) is 12.6. The van der Waals surface area contributed by atoms with Crippen molar-refractivity contribution in [2.24, 2.45) is 0 Å². The average molecular weight is 631 g/mol. The van der Waals surface area contributed by atoms with Gasteiger partial charge >= 0.3 is 5.97 Å². The van der Waals surface area contributed by atoms with Crippen LogP contribution in [-0.2, 0) is 14.3 Å². The molecule has 0 fully saturated rings. The first kappa shape index (κ1) is 43.4. The van der Waals surface area contributed by atoms with Crippen LogP contribution in [0.5, 0.6) is 0 Å². The highest BCUT2D eigenvalue weighted by atomic mass is 16.6. The molecule has 0 aromatic heterocycles. The first-order chi connectivity index (χ1) is 22.2. The van der Waals surface area contributed by atoms with Crippen molar-refractivity contribution in [3.63, 3.8) is 0 Å². The van der Waals surface area contributed by atoms with Gasteiger partial charge in [-0.3, -0.25) is 4.79 Å². The number of aliphatic hydroxyl groups excluding tert-OH is 1. The smallest absolute Gasteiger partial charge is 0.306 e. The van der Waals surface area contributed by atoms with Gasteiger partial charge in [0.15, 0.2) is 0 Å². The highest BCUT2D eigenvalue weighted by molar-refractivity contribution is 5.69. The Balaban J connectivity index is 3.44. The fraction of sp³-hybridized carbons (Fsp3) is 0.780. The average Bonchev–Trinajstić information content (AvgIpc) is 3.05. The van der Waals surface area contributed by atoms with Crippen LogP contribution in [0.25, 0.3) is 0 Å². The lowest BCUT2D eigenvalue weighted by Gasteiger charge is -2.16. The quantitative estimate of drug-likeness (QED) is 0.0430. The molecule has 0 radical (unpaired) electrons. The molecule has 0 aliphatic rings. The van der Waals surface area contributed by atoms with Crippen LogP contribution in [0.3, 0.4) is 0 Å².